The summed E-state index contributed by atoms with van der Waals surface area (Å²) < 4.78 is 6.84. The maximum atomic E-state index is 5.80. The Hall–Kier alpha value is -3.42. The van der Waals surface area contributed by atoms with Crippen molar-refractivity contribution in [2.45, 2.75) is 0 Å². The summed E-state index contributed by atoms with van der Waals surface area (Å²) in [5.41, 5.74) is 4.20. The van der Waals surface area contributed by atoms with E-state index in [1.807, 2.05) is 32.4 Å². The van der Waals surface area contributed by atoms with Gasteiger partial charge in [0.05, 0.1) is 10.2 Å². The highest BCUT2D eigenvalue weighted by atomic mass is 32.1. The van der Waals surface area contributed by atoms with E-state index < -0.39 is 0 Å². The fourth-order valence-corrected chi connectivity index (χ4v) is 4.48. The first-order valence-electron chi connectivity index (χ1n) is 10.1. The average molecular weight is 430 g/mol. The van der Waals surface area contributed by atoms with Gasteiger partial charge in [-0.3, -0.25) is 0 Å². The lowest BCUT2D eigenvalue weighted by molar-refractivity contribution is 0.261. The first kappa shape index (κ1) is 19.5. The van der Waals surface area contributed by atoms with Crippen LogP contribution in [-0.2, 0) is 0 Å². The molecule has 0 aliphatic heterocycles. The van der Waals surface area contributed by atoms with Gasteiger partial charge in [0.1, 0.15) is 18.7 Å². The second-order valence-electron chi connectivity index (χ2n) is 7.63. The van der Waals surface area contributed by atoms with Crippen LogP contribution in [0, 0.1) is 0 Å². The van der Waals surface area contributed by atoms with Crippen LogP contribution in [0.4, 0.5) is 11.5 Å². The van der Waals surface area contributed by atoms with E-state index in [1.165, 1.54) is 0 Å². The van der Waals surface area contributed by atoms with Crippen LogP contribution in [0.2, 0.25) is 0 Å². The molecule has 0 spiro atoms. The fourth-order valence-electron chi connectivity index (χ4n) is 3.41. The van der Waals surface area contributed by atoms with Crippen LogP contribution in [0.15, 0.2) is 67.1 Å². The van der Waals surface area contributed by atoms with Crippen LogP contribution in [-0.4, -0.2) is 47.1 Å². The van der Waals surface area contributed by atoms with Crippen molar-refractivity contribution in [2.75, 3.05) is 32.6 Å². The third-order valence-electron chi connectivity index (χ3n) is 5.07. The summed E-state index contributed by atoms with van der Waals surface area (Å²) in [4.78, 5) is 15.4. The summed E-state index contributed by atoms with van der Waals surface area (Å²) in [5.74, 6) is 1.70. The quantitative estimate of drug-likeness (QED) is 0.356. The number of hydrogen-bond donors (Lipinski definition) is 2. The molecule has 5 aromatic rings. The molecule has 3 heterocycles. The predicted octanol–water partition coefficient (Wildman–Crippen LogP) is 5.52. The zero-order valence-corrected chi connectivity index (χ0v) is 18.2. The van der Waals surface area contributed by atoms with Crippen molar-refractivity contribution < 1.29 is 4.74 Å². The molecule has 0 aliphatic carbocycles. The van der Waals surface area contributed by atoms with Gasteiger partial charge in [-0.25, -0.2) is 9.97 Å². The van der Waals surface area contributed by atoms with Gasteiger partial charge < -0.3 is 19.9 Å². The molecule has 0 atom stereocenters. The maximum Gasteiger partial charge on any atom is 0.151 e. The van der Waals surface area contributed by atoms with Gasteiger partial charge in [0, 0.05) is 34.2 Å². The molecule has 0 saturated heterocycles. The van der Waals surface area contributed by atoms with Crippen molar-refractivity contribution in [3.05, 3.63) is 67.1 Å². The summed E-state index contributed by atoms with van der Waals surface area (Å²) in [6.45, 7) is 1.57. The van der Waals surface area contributed by atoms with E-state index in [-0.39, 0.29) is 0 Å². The van der Waals surface area contributed by atoms with E-state index in [2.05, 4.69) is 67.6 Å². The minimum absolute atomic E-state index is 0.675. The molecule has 0 amide bonds. The number of rotatable bonds is 7. The number of fused-ring (bicyclic) bond motifs is 2. The summed E-state index contributed by atoms with van der Waals surface area (Å²) in [6.07, 6.45) is 3.55. The number of nitrogens with zero attached hydrogens (tertiary/aromatic N) is 3. The summed E-state index contributed by atoms with van der Waals surface area (Å²) in [6, 6.07) is 18.6. The first-order valence-corrected chi connectivity index (χ1v) is 10.9. The van der Waals surface area contributed by atoms with Gasteiger partial charge in [-0.2, -0.15) is 0 Å². The monoisotopic (exact) mass is 429 g/mol. The zero-order chi connectivity index (χ0) is 21.2. The van der Waals surface area contributed by atoms with Crippen LogP contribution in [0.1, 0.15) is 0 Å². The smallest absolute Gasteiger partial charge is 0.151 e. The SMILES string of the molecule is CN(C)CCOc1ccc(-c2cc3ncnc(Nc4ccc5[nH]ccc5c4)c3s2)cc1. The molecular weight excluding hydrogens is 406 g/mol. The highest BCUT2D eigenvalue weighted by molar-refractivity contribution is 7.22. The van der Waals surface area contributed by atoms with Crippen LogP contribution in [0.25, 0.3) is 31.6 Å². The Kier molecular flexibility index (Phi) is 5.28. The Morgan fingerprint density at radius 2 is 1.90 bits per heavy atom. The minimum atomic E-state index is 0.675. The van der Waals surface area contributed by atoms with E-state index in [4.69, 9.17) is 4.74 Å². The Morgan fingerprint density at radius 1 is 1.03 bits per heavy atom. The third-order valence-corrected chi connectivity index (χ3v) is 6.25. The topological polar surface area (TPSA) is 66.1 Å². The lowest BCUT2D eigenvalue weighted by Gasteiger charge is -2.11. The number of thiophene rings is 1. The normalized spacial score (nSPS) is 11.5. The number of benzene rings is 2. The molecule has 0 fully saturated rings. The third kappa shape index (κ3) is 4.23. The largest absolute Gasteiger partial charge is 0.492 e. The lowest BCUT2D eigenvalue weighted by Crippen LogP contribution is -2.19. The number of ether oxygens (including phenoxy) is 1. The number of aromatic nitrogens is 3. The Morgan fingerprint density at radius 3 is 2.74 bits per heavy atom. The van der Waals surface area contributed by atoms with Crippen LogP contribution < -0.4 is 10.1 Å². The number of nitrogens with one attached hydrogen (secondary N) is 2. The highest BCUT2D eigenvalue weighted by Gasteiger charge is 2.11. The zero-order valence-electron chi connectivity index (χ0n) is 17.4. The fraction of sp³-hybridized carbons (Fsp3) is 0.167. The minimum Gasteiger partial charge on any atom is -0.492 e. The summed E-state index contributed by atoms with van der Waals surface area (Å²) in [5, 5.41) is 4.62. The van der Waals surface area contributed by atoms with Crippen molar-refractivity contribution in [1.82, 2.24) is 19.9 Å². The molecule has 2 N–H and O–H groups in total. The molecule has 0 bridgehead atoms. The van der Waals surface area contributed by atoms with Crippen LogP contribution in [0.3, 0.4) is 0 Å². The standard InChI is InChI=1S/C24H23N5OS/c1-29(2)11-12-30-19-6-3-16(4-7-19)22-14-21-23(31-22)24(27-15-26-21)28-18-5-8-20-17(13-18)9-10-25-20/h3-10,13-15,25H,11-12H2,1-2H3,(H,26,27,28). The molecule has 2 aromatic carbocycles. The highest BCUT2D eigenvalue weighted by Crippen LogP contribution is 2.37. The van der Waals surface area contributed by atoms with E-state index in [1.54, 1.807) is 17.7 Å². The molecule has 0 radical (unpaired) electrons. The molecule has 6 nitrogen and oxygen atoms in total. The second-order valence-corrected chi connectivity index (χ2v) is 8.68. The van der Waals surface area contributed by atoms with E-state index in [9.17, 15) is 0 Å². The van der Waals surface area contributed by atoms with Crippen molar-refractivity contribution in [3.8, 4) is 16.2 Å². The van der Waals surface area contributed by atoms with Gasteiger partial charge in [0.15, 0.2) is 5.82 Å². The molecule has 3 aromatic heterocycles. The number of aromatic amines is 1. The summed E-state index contributed by atoms with van der Waals surface area (Å²) >= 11 is 1.69. The number of H-pyrrole nitrogens is 1. The van der Waals surface area contributed by atoms with Crippen LogP contribution in [0.5, 0.6) is 5.75 Å². The Labute approximate surface area is 184 Å². The molecular formula is C24H23N5OS. The van der Waals surface area contributed by atoms with Gasteiger partial charge in [-0.1, -0.05) is 0 Å². The molecule has 0 aliphatic rings. The van der Waals surface area contributed by atoms with Gasteiger partial charge in [0.25, 0.3) is 0 Å². The molecule has 5 rings (SSSR count). The van der Waals surface area contributed by atoms with Crippen LogP contribution >= 0.6 is 11.3 Å². The first-order chi connectivity index (χ1) is 15.2. The Balaban J connectivity index is 1.38. The predicted molar refractivity (Wildman–Crippen MR) is 128 cm³/mol. The number of likely N-dealkylation sites (N-methyl/N-ethyl adjacent to an activating group) is 1. The molecule has 0 unspecified atom stereocenters. The van der Waals surface area contributed by atoms with Gasteiger partial charge in [0.2, 0.25) is 0 Å². The molecule has 7 heteroatoms. The second kappa shape index (κ2) is 8.37. The number of hydrogen-bond acceptors (Lipinski definition) is 6. The van der Waals surface area contributed by atoms with Crippen molar-refractivity contribution >= 4 is 44.0 Å². The van der Waals surface area contributed by atoms with E-state index in [0.29, 0.717) is 6.61 Å². The molecule has 0 saturated carbocycles. The van der Waals surface area contributed by atoms with Gasteiger partial charge >= 0.3 is 0 Å². The van der Waals surface area contributed by atoms with Gasteiger partial charge in [-0.15, -0.1) is 11.3 Å². The lowest BCUT2D eigenvalue weighted by atomic mass is 10.2. The van der Waals surface area contributed by atoms with Crippen molar-refractivity contribution in [2.24, 2.45) is 0 Å². The van der Waals surface area contributed by atoms with E-state index >= 15 is 0 Å². The van der Waals surface area contributed by atoms with Crippen molar-refractivity contribution in [3.63, 3.8) is 0 Å². The molecule has 31 heavy (non-hydrogen) atoms. The Bertz CT molecular complexity index is 1320. The average Bonchev–Trinajstić information content (AvgIpc) is 3.41. The maximum absolute atomic E-state index is 5.80. The summed E-state index contributed by atoms with van der Waals surface area (Å²) in [7, 11) is 4.08. The van der Waals surface area contributed by atoms with Crippen molar-refractivity contribution in [1.29, 1.82) is 0 Å². The number of anilines is 2. The molecule has 156 valence electrons. The van der Waals surface area contributed by atoms with E-state index in [0.717, 1.165) is 55.4 Å². The van der Waals surface area contributed by atoms with Gasteiger partial charge in [-0.05, 0) is 74.3 Å².